The van der Waals surface area contributed by atoms with Crippen molar-refractivity contribution in [2.75, 3.05) is 39.6 Å². The largest absolute Gasteiger partial charge is 0.472 e. The second-order valence-corrected chi connectivity index (χ2v) is 29.5. The Morgan fingerprint density at radius 3 is 0.756 bits per heavy atom. The molecule has 2 unspecified atom stereocenters. The third-order valence-corrected chi connectivity index (χ3v) is 18.4. The van der Waals surface area contributed by atoms with Gasteiger partial charge in [0.05, 0.1) is 26.4 Å². The van der Waals surface area contributed by atoms with Crippen LogP contribution in [0.25, 0.3) is 0 Å². The van der Waals surface area contributed by atoms with Crippen molar-refractivity contribution < 1.29 is 80.2 Å². The van der Waals surface area contributed by atoms with Crippen molar-refractivity contribution in [3.63, 3.8) is 0 Å². The van der Waals surface area contributed by atoms with Crippen LogP contribution in [-0.4, -0.2) is 96.7 Å². The topological polar surface area (TPSA) is 237 Å². The standard InChI is InChI=1S/C71H138O17P2/c1-7-9-11-13-15-17-19-20-23-27-30-34-41-47-53-68(73)81-59-66(87-71(76)56-50-44-36-32-28-24-21-22-26-29-33-39-45-51-63(3)4)61-85-89(77,78)83-57-65(72)58-84-90(79,80)86-62-67(60-82-69(74)54-48-42-38-37-40-46-52-64(5)6)88-70(75)55-49-43-35-31-25-18-16-14-12-10-8-2/h63-67,72H,7-62H2,1-6H3,(H,77,78)(H,79,80)/t65-,66-,67-/m1/s1. The highest BCUT2D eigenvalue weighted by Gasteiger charge is 2.30. The number of aliphatic hydroxyl groups is 1. The van der Waals surface area contributed by atoms with E-state index in [1.165, 1.54) is 173 Å². The number of esters is 4. The lowest BCUT2D eigenvalue weighted by atomic mass is 10.0. The SMILES string of the molecule is CCCCCCCCCCCCCCCCC(=O)OC[C@H](COP(=O)(O)OC[C@@H](O)COP(=O)(O)OC[C@@H](COC(=O)CCCCCCCCC(C)C)OC(=O)CCCCCCCCCCCCC)OC(=O)CCCCCCCCCCCCCCCC(C)C. The van der Waals surface area contributed by atoms with Crippen LogP contribution in [0.5, 0.6) is 0 Å². The Hall–Kier alpha value is -1.94. The van der Waals surface area contributed by atoms with Crippen LogP contribution in [0.4, 0.5) is 0 Å². The number of phosphoric acid groups is 2. The molecule has 0 aliphatic carbocycles. The molecule has 0 amide bonds. The van der Waals surface area contributed by atoms with Crippen molar-refractivity contribution in [1.29, 1.82) is 0 Å². The normalized spacial score (nSPS) is 14.1. The molecule has 534 valence electrons. The minimum absolute atomic E-state index is 0.106. The summed E-state index contributed by atoms with van der Waals surface area (Å²) in [4.78, 5) is 72.5. The zero-order valence-corrected chi connectivity index (χ0v) is 60.2. The quantitative estimate of drug-likeness (QED) is 0.0222. The van der Waals surface area contributed by atoms with Crippen molar-refractivity contribution in [3.05, 3.63) is 0 Å². The van der Waals surface area contributed by atoms with Crippen LogP contribution >= 0.6 is 15.6 Å². The van der Waals surface area contributed by atoms with Crippen molar-refractivity contribution in [3.8, 4) is 0 Å². The molecule has 5 atom stereocenters. The number of rotatable bonds is 70. The molecular weight excluding hydrogens is 1190 g/mol. The highest BCUT2D eigenvalue weighted by Crippen LogP contribution is 2.45. The third kappa shape index (κ3) is 64.8. The molecular formula is C71H138O17P2. The van der Waals surface area contributed by atoms with Crippen molar-refractivity contribution in [2.24, 2.45) is 11.8 Å². The molecule has 17 nitrogen and oxygen atoms in total. The molecule has 0 saturated heterocycles. The summed E-state index contributed by atoms with van der Waals surface area (Å²) in [6.45, 7) is 9.49. The van der Waals surface area contributed by atoms with E-state index in [2.05, 4.69) is 41.5 Å². The predicted octanol–water partition coefficient (Wildman–Crippen LogP) is 20.4. The minimum Gasteiger partial charge on any atom is -0.462 e. The van der Waals surface area contributed by atoms with Crippen LogP contribution in [0.15, 0.2) is 0 Å². The second-order valence-electron chi connectivity index (χ2n) is 26.6. The second kappa shape index (κ2) is 63.1. The van der Waals surface area contributed by atoms with Gasteiger partial charge in [-0.2, -0.15) is 0 Å². The zero-order chi connectivity index (χ0) is 66.5. The first-order valence-electron chi connectivity index (χ1n) is 37.0. The monoisotopic (exact) mass is 1320 g/mol. The summed E-state index contributed by atoms with van der Waals surface area (Å²) in [5, 5.41) is 10.6. The van der Waals surface area contributed by atoms with Gasteiger partial charge in [-0.3, -0.25) is 37.3 Å². The van der Waals surface area contributed by atoms with E-state index in [1.54, 1.807) is 0 Å². The Morgan fingerprint density at radius 1 is 0.300 bits per heavy atom. The first-order chi connectivity index (χ1) is 43.4. The van der Waals surface area contributed by atoms with E-state index in [0.29, 0.717) is 31.6 Å². The van der Waals surface area contributed by atoms with Crippen molar-refractivity contribution in [1.82, 2.24) is 0 Å². The van der Waals surface area contributed by atoms with Gasteiger partial charge in [-0.05, 0) is 37.5 Å². The van der Waals surface area contributed by atoms with E-state index in [1.807, 2.05) is 0 Å². The maximum absolute atomic E-state index is 13.0. The van der Waals surface area contributed by atoms with Crippen LogP contribution in [-0.2, 0) is 65.4 Å². The van der Waals surface area contributed by atoms with Crippen LogP contribution in [0.3, 0.4) is 0 Å². The van der Waals surface area contributed by atoms with Crippen LogP contribution in [0, 0.1) is 11.8 Å². The smallest absolute Gasteiger partial charge is 0.462 e. The molecule has 0 bridgehead atoms. The van der Waals surface area contributed by atoms with Crippen LogP contribution < -0.4 is 0 Å². The fraction of sp³-hybridized carbons (Fsp3) is 0.944. The van der Waals surface area contributed by atoms with Gasteiger partial charge in [0.1, 0.15) is 19.3 Å². The minimum atomic E-state index is -4.95. The Bertz CT molecular complexity index is 1750. The third-order valence-electron chi connectivity index (χ3n) is 16.5. The van der Waals surface area contributed by atoms with Crippen molar-refractivity contribution in [2.45, 2.75) is 381 Å². The molecule has 0 radical (unpaired) electrons. The van der Waals surface area contributed by atoms with E-state index in [9.17, 15) is 43.2 Å². The Labute approximate surface area is 549 Å². The molecule has 0 spiro atoms. The summed E-state index contributed by atoms with van der Waals surface area (Å²) >= 11 is 0. The molecule has 0 fully saturated rings. The van der Waals surface area contributed by atoms with E-state index >= 15 is 0 Å². The van der Waals surface area contributed by atoms with E-state index < -0.39 is 97.5 Å². The van der Waals surface area contributed by atoms with E-state index in [-0.39, 0.29) is 25.7 Å². The molecule has 0 heterocycles. The molecule has 0 aromatic heterocycles. The van der Waals surface area contributed by atoms with Gasteiger partial charge < -0.3 is 33.8 Å². The average Bonchev–Trinajstić information content (AvgIpc) is 2.81. The maximum Gasteiger partial charge on any atom is 0.472 e. The highest BCUT2D eigenvalue weighted by atomic mass is 31.2. The van der Waals surface area contributed by atoms with Gasteiger partial charge in [-0.1, -0.05) is 311 Å². The predicted molar refractivity (Wildman–Crippen MR) is 363 cm³/mol. The Morgan fingerprint density at radius 2 is 0.511 bits per heavy atom. The first kappa shape index (κ1) is 88.1. The van der Waals surface area contributed by atoms with E-state index in [0.717, 1.165) is 102 Å². The number of phosphoric ester groups is 2. The summed E-state index contributed by atoms with van der Waals surface area (Å²) in [6, 6.07) is 0. The number of carbonyl (C=O) groups is 4. The molecule has 0 saturated carbocycles. The lowest BCUT2D eigenvalue weighted by Crippen LogP contribution is -2.30. The molecule has 0 aromatic carbocycles. The lowest BCUT2D eigenvalue weighted by molar-refractivity contribution is -0.161. The fourth-order valence-corrected chi connectivity index (χ4v) is 12.3. The Balaban J connectivity index is 5.23. The van der Waals surface area contributed by atoms with Gasteiger partial charge in [-0.25, -0.2) is 9.13 Å². The maximum atomic E-state index is 13.0. The summed E-state index contributed by atoms with van der Waals surface area (Å²) in [6.07, 6.45) is 48.6. The molecule has 0 aliphatic rings. The molecule has 0 aliphatic heterocycles. The number of hydrogen-bond donors (Lipinski definition) is 3. The molecule has 90 heavy (non-hydrogen) atoms. The van der Waals surface area contributed by atoms with Gasteiger partial charge in [0.15, 0.2) is 12.2 Å². The summed E-state index contributed by atoms with van der Waals surface area (Å²) in [5.74, 6) is -0.657. The summed E-state index contributed by atoms with van der Waals surface area (Å²) < 4.78 is 68.3. The van der Waals surface area contributed by atoms with Gasteiger partial charge >= 0.3 is 39.5 Å². The number of hydrogen-bond acceptors (Lipinski definition) is 15. The molecule has 0 rings (SSSR count). The molecule has 0 aromatic rings. The first-order valence-corrected chi connectivity index (χ1v) is 40.0. The van der Waals surface area contributed by atoms with Crippen molar-refractivity contribution >= 4 is 39.5 Å². The molecule has 19 heteroatoms. The van der Waals surface area contributed by atoms with Gasteiger partial charge in [0.25, 0.3) is 0 Å². The van der Waals surface area contributed by atoms with E-state index in [4.69, 9.17) is 37.0 Å². The Kier molecular flexibility index (Phi) is 61.8. The summed E-state index contributed by atoms with van der Waals surface area (Å²) in [7, 11) is -9.90. The van der Waals surface area contributed by atoms with Crippen LogP contribution in [0.1, 0.15) is 363 Å². The fourth-order valence-electron chi connectivity index (χ4n) is 10.8. The number of unbranched alkanes of at least 4 members (excludes halogenated alkanes) is 40. The lowest BCUT2D eigenvalue weighted by Gasteiger charge is -2.21. The zero-order valence-electron chi connectivity index (χ0n) is 58.4. The highest BCUT2D eigenvalue weighted by molar-refractivity contribution is 7.47. The molecule has 3 N–H and O–H groups in total. The van der Waals surface area contributed by atoms with Gasteiger partial charge in [-0.15, -0.1) is 0 Å². The number of aliphatic hydroxyl groups excluding tert-OH is 1. The van der Waals surface area contributed by atoms with Gasteiger partial charge in [0.2, 0.25) is 0 Å². The van der Waals surface area contributed by atoms with Gasteiger partial charge in [0, 0.05) is 25.7 Å². The average molecular weight is 1330 g/mol. The van der Waals surface area contributed by atoms with Crippen LogP contribution in [0.2, 0.25) is 0 Å². The number of ether oxygens (including phenoxy) is 4. The summed E-state index contributed by atoms with van der Waals surface area (Å²) in [5.41, 5.74) is 0. The number of carbonyl (C=O) groups excluding carboxylic acids is 4.